The summed E-state index contributed by atoms with van der Waals surface area (Å²) >= 11 is 11.9. The average Bonchev–Trinajstić information content (AvgIpc) is 3.40. The molecule has 13 heteroatoms. The molecule has 10 nitrogen and oxygen atoms in total. The van der Waals surface area contributed by atoms with Crippen molar-refractivity contribution in [3.05, 3.63) is 117 Å². The molecule has 2 N–H and O–H groups in total. The molecule has 0 aliphatic heterocycles. The Morgan fingerprint density at radius 1 is 0.533 bits per heavy atom. The van der Waals surface area contributed by atoms with E-state index < -0.39 is 56.6 Å². The van der Waals surface area contributed by atoms with Gasteiger partial charge in [0.05, 0.1) is 9.79 Å². The first-order valence-electron chi connectivity index (χ1n) is 13.2. The fourth-order valence-electron chi connectivity index (χ4n) is 5.25. The number of hydrogen-bond acceptors (Lipinski definition) is 8. The number of fused-ring (bicyclic) bond motifs is 2. The van der Waals surface area contributed by atoms with E-state index in [4.69, 9.17) is 23.2 Å². The summed E-state index contributed by atoms with van der Waals surface area (Å²) in [4.78, 5) is 77.3. The number of carbonyl (C=O) groups excluding carboxylic acids is 6. The van der Waals surface area contributed by atoms with Crippen LogP contribution in [-0.2, 0) is 19.4 Å². The zero-order chi connectivity index (χ0) is 32.2. The van der Waals surface area contributed by atoms with Crippen molar-refractivity contribution in [3.63, 3.8) is 0 Å². The number of sulfone groups is 1. The summed E-state index contributed by atoms with van der Waals surface area (Å²) in [5, 5.41) is 5.59. The number of anilines is 2. The number of ketones is 4. The van der Waals surface area contributed by atoms with Gasteiger partial charge in [0.15, 0.2) is 35.0 Å². The van der Waals surface area contributed by atoms with Crippen LogP contribution in [0.25, 0.3) is 0 Å². The van der Waals surface area contributed by atoms with E-state index in [2.05, 4.69) is 10.6 Å². The minimum atomic E-state index is -4.40. The van der Waals surface area contributed by atoms with Gasteiger partial charge in [0.1, 0.15) is 0 Å². The molecule has 224 valence electrons. The van der Waals surface area contributed by atoms with Crippen LogP contribution in [0.3, 0.4) is 0 Å². The second-order valence-electron chi connectivity index (χ2n) is 10.2. The zero-order valence-electron chi connectivity index (χ0n) is 22.7. The van der Waals surface area contributed by atoms with Gasteiger partial charge in [-0.05, 0) is 72.8 Å². The average molecular weight is 661 g/mol. The third-order valence-electron chi connectivity index (χ3n) is 7.42. The van der Waals surface area contributed by atoms with Gasteiger partial charge in [0.2, 0.25) is 21.7 Å². The molecule has 2 aliphatic rings. The summed E-state index contributed by atoms with van der Waals surface area (Å²) in [6, 6.07) is 18.7. The first-order chi connectivity index (χ1) is 21.4. The Morgan fingerprint density at radius 3 is 1.29 bits per heavy atom. The molecular formula is C32H18Cl2N2O8S. The van der Waals surface area contributed by atoms with Crippen molar-refractivity contribution in [2.24, 2.45) is 11.8 Å². The van der Waals surface area contributed by atoms with Crippen molar-refractivity contribution in [1.82, 2.24) is 0 Å². The smallest absolute Gasteiger partial charge is 0.243 e. The fourth-order valence-corrected chi connectivity index (χ4v) is 6.95. The summed E-state index contributed by atoms with van der Waals surface area (Å²) in [7, 11) is -4.40. The molecule has 2 amide bonds. The highest BCUT2D eigenvalue weighted by Gasteiger charge is 2.45. The normalized spacial score (nSPS) is 17.2. The molecule has 0 saturated heterocycles. The lowest BCUT2D eigenvalue weighted by Crippen LogP contribution is -2.31. The number of halogens is 2. The van der Waals surface area contributed by atoms with E-state index in [1.54, 1.807) is 24.3 Å². The van der Waals surface area contributed by atoms with E-state index in [0.29, 0.717) is 10.0 Å². The molecule has 4 aromatic rings. The lowest BCUT2D eigenvalue weighted by atomic mass is 10.0. The van der Waals surface area contributed by atoms with E-state index in [0.717, 1.165) is 36.4 Å². The van der Waals surface area contributed by atoms with Crippen LogP contribution >= 0.6 is 23.2 Å². The van der Waals surface area contributed by atoms with Crippen LogP contribution in [0.1, 0.15) is 41.4 Å². The minimum absolute atomic E-state index is 0.117. The monoisotopic (exact) mass is 660 g/mol. The number of rotatable bonds is 6. The molecule has 0 bridgehead atoms. The van der Waals surface area contributed by atoms with Gasteiger partial charge in [-0.25, -0.2) is 8.42 Å². The molecule has 0 spiro atoms. The molecule has 0 aromatic heterocycles. The van der Waals surface area contributed by atoms with Gasteiger partial charge in [-0.15, -0.1) is 0 Å². The van der Waals surface area contributed by atoms with Crippen LogP contribution in [0.4, 0.5) is 11.4 Å². The van der Waals surface area contributed by atoms with Gasteiger partial charge in [0, 0.05) is 43.7 Å². The lowest BCUT2D eigenvalue weighted by molar-refractivity contribution is -0.118. The summed E-state index contributed by atoms with van der Waals surface area (Å²) in [5.74, 6) is -8.59. The number of carbonyl (C=O) groups is 6. The predicted molar refractivity (Wildman–Crippen MR) is 163 cm³/mol. The molecule has 4 aromatic carbocycles. The molecule has 0 fully saturated rings. The van der Waals surface area contributed by atoms with Crippen LogP contribution in [0, 0.1) is 11.8 Å². The van der Waals surface area contributed by atoms with Crippen molar-refractivity contribution >= 4 is 79.4 Å². The second-order valence-corrected chi connectivity index (χ2v) is 13.1. The van der Waals surface area contributed by atoms with Crippen LogP contribution in [0.2, 0.25) is 10.0 Å². The standard InChI is InChI=1S/C32H18Cl2N2O8S/c33-15-3-1-5-17(11-15)35-31(41)25-27(37)21-9-7-19(13-23(21)29(25)39)45(43,44)20-8-10-22-24(14-20)30(40)26(28(22)38)32(42)36-18-6-2-4-16(34)12-18/h1-14,25-26H,(H,35,41)(H,36,42). The van der Waals surface area contributed by atoms with E-state index >= 15 is 0 Å². The Labute approximate surface area is 265 Å². The lowest BCUT2D eigenvalue weighted by Gasteiger charge is -2.09. The maximum atomic E-state index is 13.6. The predicted octanol–water partition coefficient (Wildman–Crippen LogP) is 5.09. The van der Waals surface area contributed by atoms with Crippen molar-refractivity contribution in [2.45, 2.75) is 9.79 Å². The summed E-state index contributed by atoms with van der Waals surface area (Å²) < 4.78 is 27.2. The molecule has 2 atom stereocenters. The third-order valence-corrected chi connectivity index (χ3v) is 9.64. The van der Waals surface area contributed by atoms with Crippen LogP contribution in [-0.4, -0.2) is 43.4 Å². The van der Waals surface area contributed by atoms with E-state index in [1.807, 2.05) is 0 Å². The molecule has 0 heterocycles. The fraction of sp³-hybridized carbons (Fsp3) is 0.0625. The maximum absolute atomic E-state index is 13.6. The molecule has 0 saturated carbocycles. The summed E-state index contributed by atoms with van der Waals surface area (Å²) in [6.07, 6.45) is 0. The van der Waals surface area contributed by atoms with Gasteiger partial charge < -0.3 is 10.6 Å². The number of nitrogens with one attached hydrogen (secondary N) is 2. The molecule has 6 rings (SSSR count). The summed E-state index contributed by atoms with van der Waals surface area (Å²) in [5.41, 5.74) is -0.209. The largest absolute Gasteiger partial charge is 0.325 e. The highest BCUT2D eigenvalue weighted by atomic mass is 35.5. The molecule has 2 aliphatic carbocycles. The van der Waals surface area contributed by atoms with Gasteiger partial charge in [0.25, 0.3) is 0 Å². The van der Waals surface area contributed by atoms with Crippen molar-refractivity contribution < 1.29 is 37.2 Å². The first-order valence-corrected chi connectivity index (χ1v) is 15.4. The van der Waals surface area contributed by atoms with E-state index in [-0.39, 0.29) is 43.4 Å². The maximum Gasteiger partial charge on any atom is 0.243 e. The highest BCUT2D eigenvalue weighted by Crippen LogP contribution is 2.35. The Kier molecular flexibility index (Phi) is 7.48. The van der Waals surface area contributed by atoms with E-state index in [1.165, 1.54) is 24.3 Å². The zero-order valence-corrected chi connectivity index (χ0v) is 25.0. The number of Topliss-reactive ketones (excluding diaryl/α,β-unsaturated/α-hetero) is 4. The van der Waals surface area contributed by atoms with Crippen LogP contribution in [0.15, 0.2) is 94.7 Å². The SMILES string of the molecule is O=C(Nc1cccc(Cl)c1)C1C(=O)c2ccc(S(=O)(=O)c3ccc4c(c3)C(=O)C(C(=O)Nc3cccc(Cl)c3)C4=O)cc2C1=O. The molecular weight excluding hydrogens is 643 g/mol. The highest BCUT2D eigenvalue weighted by molar-refractivity contribution is 7.91. The minimum Gasteiger partial charge on any atom is -0.325 e. The molecule has 0 radical (unpaired) electrons. The molecule has 45 heavy (non-hydrogen) atoms. The Balaban J connectivity index is 1.26. The van der Waals surface area contributed by atoms with Crippen molar-refractivity contribution in [3.8, 4) is 0 Å². The number of amides is 2. The molecule has 2 unspecified atom stereocenters. The quantitative estimate of drug-likeness (QED) is 0.270. The Hall–Kier alpha value is -4.97. The van der Waals surface area contributed by atoms with Crippen LogP contribution < -0.4 is 10.6 Å². The summed E-state index contributed by atoms with van der Waals surface area (Å²) in [6.45, 7) is 0. The topological polar surface area (TPSA) is 161 Å². The van der Waals surface area contributed by atoms with Crippen molar-refractivity contribution in [1.29, 1.82) is 0 Å². The van der Waals surface area contributed by atoms with Crippen LogP contribution in [0.5, 0.6) is 0 Å². The number of benzene rings is 4. The second kappa shape index (κ2) is 11.2. The van der Waals surface area contributed by atoms with Gasteiger partial charge in [-0.1, -0.05) is 35.3 Å². The number of hydrogen-bond donors (Lipinski definition) is 2. The first kappa shape index (κ1) is 30.1. The van der Waals surface area contributed by atoms with Gasteiger partial charge in [-0.3, -0.25) is 28.8 Å². The van der Waals surface area contributed by atoms with Crippen molar-refractivity contribution in [2.75, 3.05) is 10.6 Å². The Bertz CT molecular complexity index is 2000. The third kappa shape index (κ3) is 5.24. The van der Waals surface area contributed by atoms with Gasteiger partial charge in [-0.2, -0.15) is 0 Å². The Morgan fingerprint density at radius 2 is 0.911 bits per heavy atom. The van der Waals surface area contributed by atoms with E-state index in [9.17, 15) is 37.2 Å². The van der Waals surface area contributed by atoms with Gasteiger partial charge >= 0.3 is 0 Å².